The Balaban J connectivity index is 1.64. The Morgan fingerprint density at radius 1 is 1.45 bits per heavy atom. The predicted molar refractivity (Wildman–Crippen MR) is 76.4 cm³/mol. The maximum atomic E-state index is 11.9. The lowest BCUT2D eigenvalue weighted by Gasteiger charge is -2.04. The summed E-state index contributed by atoms with van der Waals surface area (Å²) in [7, 11) is 0. The Labute approximate surface area is 119 Å². The number of thiazole rings is 1. The molecule has 5 nitrogen and oxygen atoms in total. The summed E-state index contributed by atoms with van der Waals surface area (Å²) in [6.07, 6.45) is 0.208. The molecule has 0 aliphatic heterocycles. The lowest BCUT2D eigenvalue weighted by Crippen LogP contribution is -2.24. The maximum Gasteiger partial charge on any atom is 0.227 e. The number of fused-ring (bicyclic) bond motifs is 1. The van der Waals surface area contributed by atoms with Crippen LogP contribution in [-0.4, -0.2) is 16.0 Å². The van der Waals surface area contributed by atoms with E-state index in [-0.39, 0.29) is 12.3 Å². The zero-order chi connectivity index (χ0) is 13.9. The monoisotopic (exact) mass is 287 g/mol. The Hall–Kier alpha value is -2.21. The van der Waals surface area contributed by atoms with Gasteiger partial charge in [0.05, 0.1) is 27.8 Å². The van der Waals surface area contributed by atoms with Gasteiger partial charge < -0.3 is 9.84 Å². The van der Waals surface area contributed by atoms with Crippen molar-refractivity contribution in [2.24, 2.45) is 0 Å². The van der Waals surface area contributed by atoms with Crippen molar-refractivity contribution in [3.63, 3.8) is 0 Å². The molecule has 102 valence electrons. The highest BCUT2D eigenvalue weighted by atomic mass is 32.1. The second-order valence-electron chi connectivity index (χ2n) is 4.51. The van der Waals surface area contributed by atoms with Crippen LogP contribution in [-0.2, 0) is 17.8 Å². The van der Waals surface area contributed by atoms with Crippen LogP contribution >= 0.6 is 11.3 Å². The van der Waals surface area contributed by atoms with Gasteiger partial charge in [-0.15, -0.1) is 11.3 Å². The van der Waals surface area contributed by atoms with Crippen LogP contribution in [0, 0.1) is 6.92 Å². The number of carbonyl (C=O) groups is 1. The zero-order valence-electron chi connectivity index (χ0n) is 10.9. The molecule has 3 aromatic rings. The number of hydrogen-bond acceptors (Lipinski definition) is 5. The molecule has 2 heterocycles. The lowest BCUT2D eigenvalue weighted by molar-refractivity contribution is -0.120. The van der Waals surface area contributed by atoms with E-state index < -0.39 is 0 Å². The molecule has 6 heteroatoms. The molecular formula is C14H13N3O2S. The van der Waals surface area contributed by atoms with Gasteiger partial charge in [0.15, 0.2) is 0 Å². The van der Waals surface area contributed by atoms with Gasteiger partial charge in [0.2, 0.25) is 5.91 Å². The third-order valence-corrected chi connectivity index (χ3v) is 3.84. The van der Waals surface area contributed by atoms with Crippen molar-refractivity contribution in [2.75, 3.05) is 0 Å². The first-order valence-electron chi connectivity index (χ1n) is 6.22. The smallest absolute Gasteiger partial charge is 0.227 e. The van der Waals surface area contributed by atoms with Gasteiger partial charge in [-0.25, -0.2) is 4.98 Å². The molecule has 0 saturated carbocycles. The van der Waals surface area contributed by atoms with Crippen LogP contribution in [0.3, 0.4) is 0 Å². The van der Waals surface area contributed by atoms with Gasteiger partial charge in [0.1, 0.15) is 5.76 Å². The summed E-state index contributed by atoms with van der Waals surface area (Å²) in [5, 5.41) is 6.65. The summed E-state index contributed by atoms with van der Waals surface area (Å²) in [5.74, 6) is 0.499. The average molecular weight is 287 g/mol. The molecule has 0 saturated heterocycles. The Bertz CT molecular complexity index is 748. The van der Waals surface area contributed by atoms with E-state index in [2.05, 4.69) is 15.5 Å². The number of benzene rings is 1. The van der Waals surface area contributed by atoms with E-state index in [0.717, 1.165) is 21.5 Å². The third-order valence-electron chi connectivity index (χ3n) is 2.93. The zero-order valence-corrected chi connectivity index (χ0v) is 11.7. The summed E-state index contributed by atoms with van der Waals surface area (Å²) in [6, 6.07) is 7.68. The average Bonchev–Trinajstić information content (AvgIpc) is 3.05. The van der Waals surface area contributed by atoms with Gasteiger partial charge >= 0.3 is 0 Å². The molecule has 0 unspecified atom stereocenters. The molecule has 0 fully saturated rings. The molecule has 1 aromatic carbocycles. The summed E-state index contributed by atoms with van der Waals surface area (Å²) >= 11 is 1.58. The number of carbonyl (C=O) groups excluding carboxylic acids is 1. The van der Waals surface area contributed by atoms with Crippen molar-refractivity contribution in [2.45, 2.75) is 19.9 Å². The molecule has 2 aromatic heterocycles. The van der Waals surface area contributed by atoms with E-state index in [9.17, 15) is 4.79 Å². The van der Waals surface area contributed by atoms with Crippen LogP contribution in [0.25, 0.3) is 10.2 Å². The maximum absolute atomic E-state index is 11.9. The Kier molecular flexibility index (Phi) is 3.47. The number of nitrogens with one attached hydrogen (secondary N) is 1. The molecule has 0 aliphatic rings. The van der Waals surface area contributed by atoms with Crippen LogP contribution in [0.2, 0.25) is 0 Å². The summed E-state index contributed by atoms with van der Waals surface area (Å²) in [4.78, 5) is 16.1. The molecule has 0 atom stereocenters. The topological polar surface area (TPSA) is 68.0 Å². The third kappa shape index (κ3) is 2.70. The van der Waals surface area contributed by atoms with Gasteiger partial charge in [0.25, 0.3) is 0 Å². The number of aryl methyl sites for hydroxylation is 1. The molecule has 0 spiro atoms. The van der Waals surface area contributed by atoms with E-state index in [4.69, 9.17) is 4.52 Å². The SMILES string of the molecule is Cc1cc(CC(=O)NCc2cccc3ncsc23)on1. The summed E-state index contributed by atoms with van der Waals surface area (Å²) in [6.45, 7) is 2.32. The Morgan fingerprint density at radius 2 is 2.35 bits per heavy atom. The first-order valence-corrected chi connectivity index (χ1v) is 7.10. The number of rotatable bonds is 4. The molecule has 1 N–H and O–H groups in total. The summed E-state index contributed by atoms with van der Waals surface area (Å²) < 4.78 is 6.14. The quantitative estimate of drug-likeness (QED) is 0.800. The second-order valence-corrected chi connectivity index (χ2v) is 5.36. The van der Waals surface area contributed by atoms with E-state index >= 15 is 0 Å². The van der Waals surface area contributed by atoms with Crippen LogP contribution < -0.4 is 5.32 Å². The van der Waals surface area contributed by atoms with E-state index in [1.54, 1.807) is 17.4 Å². The minimum Gasteiger partial charge on any atom is -0.361 e. The lowest BCUT2D eigenvalue weighted by atomic mass is 10.2. The van der Waals surface area contributed by atoms with Gasteiger partial charge in [-0.05, 0) is 18.6 Å². The van der Waals surface area contributed by atoms with Crippen molar-refractivity contribution >= 4 is 27.5 Å². The number of aromatic nitrogens is 2. The van der Waals surface area contributed by atoms with Gasteiger partial charge in [-0.3, -0.25) is 4.79 Å². The minimum atomic E-state index is -0.0809. The normalized spacial score (nSPS) is 10.8. The Morgan fingerprint density at radius 3 is 3.15 bits per heavy atom. The fourth-order valence-electron chi connectivity index (χ4n) is 2.00. The van der Waals surface area contributed by atoms with Crippen molar-refractivity contribution < 1.29 is 9.32 Å². The summed E-state index contributed by atoms with van der Waals surface area (Å²) in [5.41, 5.74) is 4.63. The van der Waals surface area contributed by atoms with Crippen LogP contribution in [0.1, 0.15) is 17.0 Å². The standard InChI is InChI=1S/C14H13N3O2S/c1-9-5-11(19-17-9)6-13(18)15-7-10-3-2-4-12-14(10)20-8-16-12/h2-5,8H,6-7H2,1H3,(H,15,18). The molecule has 3 rings (SSSR count). The number of hydrogen-bond donors (Lipinski definition) is 1. The van der Waals surface area contributed by atoms with Crippen LogP contribution in [0.4, 0.5) is 0 Å². The number of amides is 1. The largest absolute Gasteiger partial charge is 0.361 e. The van der Waals surface area contributed by atoms with Gasteiger partial charge in [0, 0.05) is 12.6 Å². The van der Waals surface area contributed by atoms with Crippen LogP contribution in [0.5, 0.6) is 0 Å². The van der Waals surface area contributed by atoms with E-state index in [1.807, 2.05) is 30.6 Å². The highest BCUT2D eigenvalue weighted by molar-refractivity contribution is 7.16. The van der Waals surface area contributed by atoms with Gasteiger partial charge in [-0.1, -0.05) is 17.3 Å². The molecule has 1 amide bonds. The van der Waals surface area contributed by atoms with Crippen molar-refractivity contribution in [3.8, 4) is 0 Å². The van der Waals surface area contributed by atoms with Crippen molar-refractivity contribution in [3.05, 3.63) is 46.8 Å². The molecule has 0 aliphatic carbocycles. The first kappa shape index (κ1) is 12.8. The highest BCUT2D eigenvalue weighted by Gasteiger charge is 2.09. The van der Waals surface area contributed by atoms with Crippen molar-refractivity contribution in [1.29, 1.82) is 0 Å². The second kappa shape index (κ2) is 5.42. The molecule has 20 heavy (non-hydrogen) atoms. The fraction of sp³-hybridized carbons (Fsp3) is 0.214. The van der Waals surface area contributed by atoms with E-state index in [0.29, 0.717) is 12.3 Å². The van der Waals surface area contributed by atoms with Gasteiger partial charge in [-0.2, -0.15) is 0 Å². The minimum absolute atomic E-state index is 0.0809. The van der Waals surface area contributed by atoms with E-state index in [1.165, 1.54) is 0 Å². The predicted octanol–water partition coefficient (Wildman–Crippen LogP) is 2.45. The first-order chi connectivity index (χ1) is 9.72. The molecular weight excluding hydrogens is 274 g/mol. The fourth-order valence-corrected chi connectivity index (χ4v) is 2.80. The van der Waals surface area contributed by atoms with Crippen LogP contribution in [0.15, 0.2) is 34.3 Å². The molecule has 0 bridgehead atoms. The molecule has 0 radical (unpaired) electrons. The highest BCUT2D eigenvalue weighted by Crippen LogP contribution is 2.21. The van der Waals surface area contributed by atoms with Crippen molar-refractivity contribution in [1.82, 2.24) is 15.5 Å². The number of nitrogens with zero attached hydrogens (tertiary/aromatic N) is 2.